The Kier molecular flexibility index (Phi) is 3.56. The molecule has 0 aliphatic rings. The third-order valence-corrected chi connectivity index (χ3v) is 4.21. The molecule has 0 unspecified atom stereocenters. The molecule has 0 saturated heterocycles. The first-order valence-corrected chi connectivity index (χ1v) is 7.62. The van der Waals surface area contributed by atoms with Gasteiger partial charge in [0.2, 0.25) is 10.0 Å². The fourth-order valence-corrected chi connectivity index (χ4v) is 3.11. The maximum Gasteiger partial charge on any atom is 0.232 e. The number of pyridine rings is 1. The molecule has 18 heavy (non-hydrogen) atoms. The van der Waals surface area contributed by atoms with Crippen LogP contribution in [0.3, 0.4) is 0 Å². The second kappa shape index (κ2) is 4.97. The molecule has 0 spiro atoms. The molecule has 1 N–H and O–H groups in total. The number of aromatic nitrogens is 2. The van der Waals surface area contributed by atoms with Crippen LogP contribution in [-0.2, 0) is 10.0 Å². The summed E-state index contributed by atoms with van der Waals surface area (Å²) in [7, 11) is -3.25. The van der Waals surface area contributed by atoms with Crippen molar-refractivity contribution in [3.63, 3.8) is 0 Å². The molecule has 5 nitrogen and oxygen atoms in total. The lowest BCUT2D eigenvalue weighted by atomic mass is 10.3. The largest absolute Gasteiger partial charge is 0.302 e. The maximum absolute atomic E-state index is 11.8. The molecular formula is C12H17N3O2S. The smallest absolute Gasteiger partial charge is 0.232 e. The molecule has 6 heteroatoms. The lowest BCUT2D eigenvalue weighted by Crippen LogP contribution is -2.17. The Bertz CT molecular complexity index is 646. The van der Waals surface area contributed by atoms with Crippen molar-refractivity contribution in [2.24, 2.45) is 0 Å². The van der Waals surface area contributed by atoms with Gasteiger partial charge >= 0.3 is 0 Å². The van der Waals surface area contributed by atoms with Gasteiger partial charge in [0.15, 0.2) is 0 Å². The first kappa shape index (κ1) is 12.9. The lowest BCUT2D eigenvalue weighted by Gasteiger charge is -2.11. The van der Waals surface area contributed by atoms with Gasteiger partial charge in [0, 0.05) is 18.1 Å². The van der Waals surface area contributed by atoms with Crippen molar-refractivity contribution in [3.05, 3.63) is 30.2 Å². The van der Waals surface area contributed by atoms with Gasteiger partial charge in [-0.2, -0.15) is 0 Å². The second-order valence-electron chi connectivity index (χ2n) is 4.26. The van der Waals surface area contributed by atoms with E-state index < -0.39 is 10.0 Å². The Hall–Kier alpha value is -1.56. The number of nitrogens with one attached hydrogen (secondary N) is 1. The zero-order valence-corrected chi connectivity index (χ0v) is 11.4. The van der Waals surface area contributed by atoms with Crippen LogP contribution >= 0.6 is 0 Å². The molecular weight excluding hydrogens is 250 g/mol. The minimum absolute atomic E-state index is 0.158. The van der Waals surface area contributed by atoms with Gasteiger partial charge in [0.25, 0.3) is 0 Å². The molecule has 0 aromatic carbocycles. The molecule has 2 aromatic heterocycles. The van der Waals surface area contributed by atoms with Gasteiger partial charge in [-0.05, 0) is 25.5 Å². The van der Waals surface area contributed by atoms with Crippen LogP contribution in [0.25, 0.3) is 5.65 Å². The van der Waals surface area contributed by atoms with E-state index in [0.717, 1.165) is 17.8 Å². The number of hydrogen-bond acceptors (Lipinski definition) is 3. The SMILES string of the molecule is CCCCS(=O)(=O)Nc1ccc2nccn2c1C. The Balaban J connectivity index is 2.29. The van der Waals surface area contributed by atoms with Crippen LogP contribution < -0.4 is 4.72 Å². The first-order valence-electron chi connectivity index (χ1n) is 5.96. The molecule has 0 atom stereocenters. The molecule has 0 aliphatic carbocycles. The topological polar surface area (TPSA) is 63.5 Å². The number of unbranched alkanes of at least 4 members (excludes halogenated alkanes) is 1. The van der Waals surface area contributed by atoms with E-state index in [1.165, 1.54) is 0 Å². The average Bonchev–Trinajstić information content (AvgIpc) is 2.79. The quantitative estimate of drug-likeness (QED) is 0.903. The minimum atomic E-state index is -3.25. The molecule has 0 radical (unpaired) electrons. The van der Waals surface area contributed by atoms with Crippen LogP contribution in [0.2, 0.25) is 0 Å². The fourth-order valence-electron chi connectivity index (χ4n) is 1.79. The standard InChI is InChI=1S/C12H17N3O2S/c1-3-4-9-18(16,17)14-11-5-6-12-13-7-8-15(12)10(11)2/h5-8,14H,3-4,9H2,1-2H3. The van der Waals surface area contributed by atoms with Gasteiger partial charge in [0.1, 0.15) is 5.65 Å². The predicted octanol–water partition coefficient (Wildman–Crippen LogP) is 2.18. The van der Waals surface area contributed by atoms with Crippen molar-refractivity contribution in [1.82, 2.24) is 9.38 Å². The Morgan fingerprint density at radius 1 is 1.39 bits per heavy atom. The van der Waals surface area contributed by atoms with Crippen molar-refractivity contribution in [2.45, 2.75) is 26.7 Å². The van der Waals surface area contributed by atoms with Crippen molar-refractivity contribution in [2.75, 3.05) is 10.5 Å². The minimum Gasteiger partial charge on any atom is -0.302 e. The van der Waals surface area contributed by atoms with E-state index in [-0.39, 0.29) is 5.75 Å². The lowest BCUT2D eigenvalue weighted by molar-refractivity contribution is 0.597. The first-order chi connectivity index (χ1) is 8.53. The van der Waals surface area contributed by atoms with Crippen LogP contribution in [0.1, 0.15) is 25.5 Å². The monoisotopic (exact) mass is 267 g/mol. The second-order valence-corrected chi connectivity index (χ2v) is 6.10. The number of aryl methyl sites for hydroxylation is 1. The van der Waals surface area contributed by atoms with E-state index in [2.05, 4.69) is 9.71 Å². The van der Waals surface area contributed by atoms with E-state index in [9.17, 15) is 8.42 Å². The van der Waals surface area contributed by atoms with Crippen LogP contribution in [-0.4, -0.2) is 23.6 Å². The van der Waals surface area contributed by atoms with Gasteiger partial charge in [-0.25, -0.2) is 13.4 Å². The molecule has 2 aromatic rings. The highest BCUT2D eigenvalue weighted by molar-refractivity contribution is 7.92. The van der Waals surface area contributed by atoms with E-state index >= 15 is 0 Å². The van der Waals surface area contributed by atoms with Crippen molar-refractivity contribution in [3.8, 4) is 0 Å². The summed E-state index contributed by atoms with van der Waals surface area (Å²) in [5.74, 6) is 0.158. The van der Waals surface area contributed by atoms with Crippen LogP contribution in [0.5, 0.6) is 0 Å². The van der Waals surface area contributed by atoms with Gasteiger partial charge in [-0.1, -0.05) is 13.3 Å². The van der Waals surface area contributed by atoms with E-state index in [4.69, 9.17) is 0 Å². The molecule has 0 saturated carbocycles. The molecule has 2 heterocycles. The van der Waals surface area contributed by atoms with Crippen LogP contribution in [0, 0.1) is 6.92 Å². The Morgan fingerprint density at radius 3 is 2.89 bits per heavy atom. The van der Waals surface area contributed by atoms with Crippen molar-refractivity contribution in [1.29, 1.82) is 0 Å². The van der Waals surface area contributed by atoms with E-state index in [1.54, 1.807) is 18.3 Å². The van der Waals surface area contributed by atoms with Crippen LogP contribution in [0.15, 0.2) is 24.5 Å². The summed E-state index contributed by atoms with van der Waals surface area (Å²) in [6, 6.07) is 3.55. The highest BCUT2D eigenvalue weighted by Crippen LogP contribution is 2.18. The molecule has 0 fully saturated rings. The Morgan fingerprint density at radius 2 is 2.17 bits per heavy atom. The zero-order valence-electron chi connectivity index (χ0n) is 10.5. The summed E-state index contributed by atoms with van der Waals surface area (Å²) in [6.07, 6.45) is 5.04. The highest BCUT2D eigenvalue weighted by Gasteiger charge is 2.12. The van der Waals surface area contributed by atoms with Crippen molar-refractivity contribution >= 4 is 21.4 Å². The van der Waals surface area contributed by atoms with Gasteiger partial charge < -0.3 is 4.40 Å². The third-order valence-electron chi connectivity index (χ3n) is 2.85. The summed E-state index contributed by atoms with van der Waals surface area (Å²) in [5.41, 5.74) is 2.26. The average molecular weight is 267 g/mol. The van der Waals surface area contributed by atoms with Gasteiger partial charge in [0.05, 0.1) is 11.4 Å². The van der Waals surface area contributed by atoms with Crippen LogP contribution in [0.4, 0.5) is 5.69 Å². The van der Waals surface area contributed by atoms with Gasteiger partial charge in [-0.3, -0.25) is 4.72 Å². The maximum atomic E-state index is 11.8. The normalized spacial score (nSPS) is 11.9. The predicted molar refractivity (Wildman–Crippen MR) is 72.2 cm³/mol. The number of anilines is 1. The molecule has 0 amide bonds. The third kappa shape index (κ3) is 2.64. The summed E-state index contributed by atoms with van der Waals surface area (Å²) in [5, 5.41) is 0. The van der Waals surface area contributed by atoms with E-state index in [0.29, 0.717) is 12.1 Å². The molecule has 2 rings (SSSR count). The molecule has 98 valence electrons. The number of rotatable bonds is 5. The Labute approximate surface area is 107 Å². The summed E-state index contributed by atoms with van der Waals surface area (Å²) in [4.78, 5) is 4.15. The number of fused-ring (bicyclic) bond motifs is 1. The summed E-state index contributed by atoms with van der Waals surface area (Å²) < 4.78 is 28.2. The number of hydrogen-bond donors (Lipinski definition) is 1. The summed E-state index contributed by atoms with van der Waals surface area (Å²) in [6.45, 7) is 3.84. The van der Waals surface area contributed by atoms with Crippen molar-refractivity contribution < 1.29 is 8.42 Å². The number of nitrogens with zero attached hydrogens (tertiary/aromatic N) is 2. The zero-order chi connectivity index (χ0) is 13.2. The number of imidazole rings is 1. The fraction of sp³-hybridized carbons (Fsp3) is 0.417. The number of sulfonamides is 1. The van der Waals surface area contributed by atoms with Gasteiger partial charge in [-0.15, -0.1) is 0 Å². The van der Waals surface area contributed by atoms with E-state index in [1.807, 2.05) is 24.4 Å². The summed E-state index contributed by atoms with van der Waals surface area (Å²) >= 11 is 0. The highest BCUT2D eigenvalue weighted by atomic mass is 32.2. The molecule has 0 aliphatic heterocycles. The molecule has 0 bridgehead atoms.